The number of aryl methyl sites for hydroxylation is 1. The molecule has 0 N–H and O–H groups in total. The van der Waals surface area contributed by atoms with E-state index in [4.69, 9.17) is 9.47 Å². The van der Waals surface area contributed by atoms with Crippen molar-refractivity contribution in [2.45, 2.75) is 39.8 Å². The molecule has 9 heteroatoms. The lowest BCUT2D eigenvalue weighted by Crippen LogP contribution is -2.27. The minimum atomic E-state index is -0.624. The number of fused-ring (bicyclic) bond motifs is 1. The lowest BCUT2D eigenvalue weighted by molar-refractivity contribution is -0.155. The quantitative estimate of drug-likeness (QED) is 0.547. The van der Waals surface area contributed by atoms with Gasteiger partial charge < -0.3 is 9.47 Å². The molecule has 0 saturated heterocycles. The van der Waals surface area contributed by atoms with Gasteiger partial charge in [0.05, 0.1) is 18.2 Å². The number of aromatic nitrogens is 4. The van der Waals surface area contributed by atoms with Crippen molar-refractivity contribution in [1.29, 1.82) is 0 Å². The average molecular weight is 461 g/mol. The van der Waals surface area contributed by atoms with Crippen LogP contribution in [0.25, 0.3) is 22.0 Å². The van der Waals surface area contributed by atoms with Crippen LogP contribution in [0.2, 0.25) is 0 Å². The summed E-state index contributed by atoms with van der Waals surface area (Å²) in [6.45, 7) is 7.02. The van der Waals surface area contributed by atoms with Crippen molar-refractivity contribution < 1.29 is 19.1 Å². The van der Waals surface area contributed by atoms with E-state index in [1.54, 1.807) is 46.2 Å². The van der Waals surface area contributed by atoms with Crippen molar-refractivity contribution in [3.05, 3.63) is 40.5 Å². The fraction of sp³-hybridized carbons (Fsp3) is 0.350. The second-order valence-electron chi connectivity index (χ2n) is 7.47. The minimum absolute atomic E-state index is 0.143. The molecule has 0 amide bonds. The molecule has 152 valence electrons. The summed E-state index contributed by atoms with van der Waals surface area (Å²) in [5.74, 6) is -0.349. The molecule has 0 unspecified atom stereocenters. The monoisotopic (exact) mass is 460 g/mol. The van der Waals surface area contributed by atoms with Crippen LogP contribution in [0.5, 0.6) is 0 Å². The summed E-state index contributed by atoms with van der Waals surface area (Å²) < 4.78 is 12.3. The first kappa shape index (κ1) is 20.9. The van der Waals surface area contributed by atoms with Gasteiger partial charge in [-0.15, -0.1) is 0 Å². The van der Waals surface area contributed by atoms with Crippen LogP contribution in [0.15, 0.2) is 29.1 Å². The highest BCUT2D eigenvalue weighted by atomic mass is 79.9. The van der Waals surface area contributed by atoms with E-state index < -0.39 is 17.5 Å². The molecule has 0 saturated carbocycles. The zero-order valence-corrected chi connectivity index (χ0v) is 18.4. The summed E-state index contributed by atoms with van der Waals surface area (Å²) in [4.78, 5) is 33.3. The molecule has 0 spiro atoms. The van der Waals surface area contributed by atoms with Crippen molar-refractivity contribution >= 4 is 38.8 Å². The fourth-order valence-corrected chi connectivity index (χ4v) is 3.36. The summed E-state index contributed by atoms with van der Waals surface area (Å²) in [5.41, 5.74) is 1.61. The van der Waals surface area contributed by atoms with Gasteiger partial charge in [0, 0.05) is 23.3 Å². The van der Waals surface area contributed by atoms with Gasteiger partial charge >= 0.3 is 11.9 Å². The number of methoxy groups -OCH3 is 1. The molecule has 1 aromatic carbocycles. The first-order chi connectivity index (χ1) is 13.6. The summed E-state index contributed by atoms with van der Waals surface area (Å²) in [6, 6.07) is 3.54. The van der Waals surface area contributed by atoms with Gasteiger partial charge in [0.15, 0.2) is 0 Å². The van der Waals surface area contributed by atoms with Crippen molar-refractivity contribution in [2.24, 2.45) is 0 Å². The molecule has 2 aromatic heterocycles. The van der Waals surface area contributed by atoms with E-state index in [0.29, 0.717) is 21.3 Å². The van der Waals surface area contributed by atoms with Gasteiger partial charge in [0.25, 0.3) is 0 Å². The fourth-order valence-electron chi connectivity index (χ4n) is 2.86. The summed E-state index contributed by atoms with van der Waals surface area (Å²) in [5, 5.41) is 5.04. The maximum atomic E-state index is 12.5. The third-order valence-electron chi connectivity index (χ3n) is 4.02. The van der Waals surface area contributed by atoms with Crippen molar-refractivity contribution in [1.82, 2.24) is 19.7 Å². The van der Waals surface area contributed by atoms with Gasteiger partial charge in [-0.25, -0.2) is 14.8 Å². The highest BCUT2D eigenvalue weighted by Gasteiger charge is 2.23. The normalized spacial score (nSPS) is 11.5. The van der Waals surface area contributed by atoms with Crippen molar-refractivity contribution in [2.75, 3.05) is 7.11 Å². The zero-order valence-electron chi connectivity index (χ0n) is 16.8. The highest BCUT2D eigenvalue weighted by Crippen LogP contribution is 2.32. The van der Waals surface area contributed by atoms with Crippen LogP contribution < -0.4 is 0 Å². The molecular weight excluding hydrogens is 440 g/mol. The predicted molar refractivity (Wildman–Crippen MR) is 110 cm³/mol. The first-order valence-electron chi connectivity index (χ1n) is 8.88. The topological polar surface area (TPSA) is 96.2 Å². The number of hydrogen-bond donors (Lipinski definition) is 0. The third kappa shape index (κ3) is 4.61. The predicted octanol–water partition coefficient (Wildman–Crippen LogP) is 3.69. The number of hydrogen-bond acceptors (Lipinski definition) is 7. The zero-order chi connectivity index (χ0) is 21.3. The van der Waals surface area contributed by atoms with Crippen molar-refractivity contribution in [3.8, 4) is 11.1 Å². The second kappa shape index (κ2) is 7.90. The van der Waals surface area contributed by atoms with Gasteiger partial charge in [-0.2, -0.15) is 5.10 Å². The second-order valence-corrected chi connectivity index (χ2v) is 8.22. The Morgan fingerprint density at radius 1 is 1.14 bits per heavy atom. The number of halogens is 1. The maximum absolute atomic E-state index is 12.5. The number of rotatable bonds is 4. The van der Waals surface area contributed by atoms with E-state index >= 15 is 0 Å². The number of carbonyl (C=O) groups excluding carboxylic acids is 2. The van der Waals surface area contributed by atoms with Crippen LogP contribution in [0.3, 0.4) is 0 Å². The SMILES string of the molecule is COC(=O)c1cc(-c2cnc(C)nc2)cc2c(Br)nn(CC(=O)OC(C)(C)C)c12. The molecule has 0 radical (unpaired) electrons. The Kier molecular flexibility index (Phi) is 5.70. The molecule has 0 aliphatic heterocycles. The van der Waals surface area contributed by atoms with Crippen LogP contribution in [-0.4, -0.2) is 44.4 Å². The minimum Gasteiger partial charge on any atom is -0.465 e. The van der Waals surface area contributed by atoms with Crippen LogP contribution in [-0.2, 0) is 20.8 Å². The Morgan fingerprint density at radius 2 is 1.79 bits per heavy atom. The van der Waals surface area contributed by atoms with Gasteiger partial charge in [-0.3, -0.25) is 9.48 Å². The molecule has 8 nitrogen and oxygen atoms in total. The van der Waals surface area contributed by atoms with E-state index in [0.717, 1.165) is 11.1 Å². The number of carbonyl (C=O) groups is 2. The Hall–Kier alpha value is -2.81. The molecule has 29 heavy (non-hydrogen) atoms. The number of benzene rings is 1. The number of ether oxygens (including phenoxy) is 2. The van der Waals surface area contributed by atoms with Crippen LogP contribution in [0.1, 0.15) is 37.0 Å². The smallest absolute Gasteiger partial charge is 0.340 e. The largest absolute Gasteiger partial charge is 0.465 e. The Morgan fingerprint density at radius 3 is 2.38 bits per heavy atom. The molecule has 0 bridgehead atoms. The standard InChI is InChI=1S/C20H21BrN4O4/c1-11-22-8-13(9-23-11)12-6-14-17(15(7-12)19(27)28-5)25(24-18(14)21)10-16(26)29-20(2,3)4/h6-9H,10H2,1-5H3. The highest BCUT2D eigenvalue weighted by molar-refractivity contribution is 9.10. The van der Waals surface area contributed by atoms with Crippen molar-refractivity contribution in [3.63, 3.8) is 0 Å². The van der Waals surface area contributed by atoms with Crippen LogP contribution >= 0.6 is 15.9 Å². The molecule has 3 rings (SSSR count). The summed E-state index contributed by atoms with van der Waals surface area (Å²) in [6.07, 6.45) is 3.37. The Labute approximate surface area is 176 Å². The summed E-state index contributed by atoms with van der Waals surface area (Å²) in [7, 11) is 1.31. The van der Waals surface area contributed by atoms with E-state index in [1.807, 2.05) is 6.07 Å². The number of nitrogens with zero attached hydrogens (tertiary/aromatic N) is 4. The molecule has 3 aromatic rings. The van der Waals surface area contributed by atoms with Crippen LogP contribution in [0, 0.1) is 6.92 Å². The van der Waals surface area contributed by atoms with E-state index in [2.05, 4.69) is 31.0 Å². The van der Waals surface area contributed by atoms with E-state index in [1.165, 1.54) is 11.8 Å². The molecule has 0 atom stereocenters. The first-order valence-corrected chi connectivity index (χ1v) is 9.67. The lowest BCUT2D eigenvalue weighted by Gasteiger charge is -2.19. The Bertz CT molecular complexity index is 1080. The Balaban J connectivity index is 2.15. The average Bonchev–Trinajstić information content (AvgIpc) is 2.95. The van der Waals surface area contributed by atoms with Gasteiger partial charge in [-0.05, 0) is 61.3 Å². The van der Waals surface area contributed by atoms with Gasteiger partial charge in [0.2, 0.25) is 0 Å². The number of esters is 2. The van der Waals surface area contributed by atoms with Gasteiger partial charge in [-0.1, -0.05) is 0 Å². The van der Waals surface area contributed by atoms with Crippen LogP contribution in [0.4, 0.5) is 0 Å². The van der Waals surface area contributed by atoms with E-state index in [-0.39, 0.29) is 12.1 Å². The van der Waals surface area contributed by atoms with E-state index in [9.17, 15) is 9.59 Å². The molecule has 0 aliphatic carbocycles. The molecule has 0 fully saturated rings. The molecule has 2 heterocycles. The summed E-state index contributed by atoms with van der Waals surface area (Å²) >= 11 is 3.43. The molecular formula is C20H21BrN4O4. The third-order valence-corrected chi connectivity index (χ3v) is 4.60. The molecule has 0 aliphatic rings. The maximum Gasteiger partial charge on any atom is 0.340 e. The van der Waals surface area contributed by atoms with Gasteiger partial charge in [0.1, 0.15) is 22.6 Å². The lowest BCUT2D eigenvalue weighted by atomic mass is 10.0.